The highest BCUT2D eigenvalue weighted by Crippen LogP contribution is 2.12. The Labute approximate surface area is 118 Å². The van der Waals surface area contributed by atoms with E-state index in [9.17, 15) is 9.90 Å². The van der Waals surface area contributed by atoms with Crippen LogP contribution in [0.25, 0.3) is 0 Å². The van der Waals surface area contributed by atoms with Crippen molar-refractivity contribution in [1.29, 1.82) is 0 Å². The molecular weight excluding hydrogens is 252 g/mol. The van der Waals surface area contributed by atoms with Gasteiger partial charge in [0.05, 0.1) is 12.6 Å². The third-order valence-electron chi connectivity index (χ3n) is 3.05. The Hall–Kier alpha value is -2.20. The van der Waals surface area contributed by atoms with Gasteiger partial charge in [0, 0.05) is 18.3 Å². The summed E-state index contributed by atoms with van der Waals surface area (Å²) in [5.74, 6) is -0.0847. The SMILES string of the molecule is O=C(CCc1ccccn1)N[C@@H](CO)c1ccccc1. The molecule has 1 amide bonds. The van der Waals surface area contributed by atoms with E-state index in [0.717, 1.165) is 11.3 Å². The van der Waals surface area contributed by atoms with Gasteiger partial charge in [0.25, 0.3) is 0 Å². The molecule has 4 heteroatoms. The monoisotopic (exact) mass is 270 g/mol. The normalized spacial score (nSPS) is 11.8. The van der Waals surface area contributed by atoms with Crippen molar-refractivity contribution in [2.75, 3.05) is 6.61 Å². The zero-order valence-electron chi connectivity index (χ0n) is 11.2. The summed E-state index contributed by atoms with van der Waals surface area (Å²) in [6.45, 7) is -0.112. The van der Waals surface area contributed by atoms with Gasteiger partial charge in [-0.2, -0.15) is 0 Å². The van der Waals surface area contributed by atoms with Crippen LogP contribution in [0.4, 0.5) is 0 Å². The summed E-state index contributed by atoms with van der Waals surface area (Å²) in [6, 6.07) is 14.7. The molecule has 1 aromatic carbocycles. The van der Waals surface area contributed by atoms with Crippen molar-refractivity contribution < 1.29 is 9.90 Å². The van der Waals surface area contributed by atoms with Crippen LogP contribution >= 0.6 is 0 Å². The molecule has 0 saturated heterocycles. The number of carbonyl (C=O) groups excluding carboxylic acids is 1. The van der Waals surface area contributed by atoms with Crippen LogP contribution in [0.5, 0.6) is 0 Å². The largest absolute Gasteiger partial charge is 0.394 e. The molecule has 2 rings (SSSR count). The molecule has 0 aliphatic heterocycles. The number of nitrogens with zero attached hydrogens (tertiary/aromatic N) is 1. The second kappa shape index (κ2) is 7.40. The van der Waals surface area contributed by atoms with E-state index in [1.165, 1.54) is 0 Å². The molecule has 104 valence electrons. The average Bonchev–Trinajstić information content (AvgIpc) is 2.52. The van der Waals surface area contributed by atoms with Crippen LogP contribution in [0.15, 0.2) is 54.7 Å². The van der Waals surface area contributed by atoms with Crippen LogP contribution in [0.1, 0.15) is 23.7 Å². The summed E-state index contributed by atoms with van der Waals surface area (Å²) in [6.07, 6.45) is 2.67. The van der Waals surface area contributed by atoms with Crippen LogP contribution in [0.2, 0.25) is 0 Å². The summed E-state index contributed by atoms with van der Waals surface area (Å²) < 4.78 is 0. The van der Waals surface area contributed by atoms with Crippen LogP contribution in [-0.2, 0) is 11.2 Å². The molecular formula is C16H18N2O2. The fourth-order valence-corrected chi connectivity index (χ4v) is 1.97. The number of aromatic nitrogens is 1. The van der Waals surface area contributed by atoms with Crippen molar-refractivity contribution >= 4 is 5.91 Å². The first-order valence-electron chi connectivity index (χ1n) is 6.64. The second-order valence-corrected chi connectivity index (χ2v) is 4.53. The average molecular weight is 270 g/mol. The zero-order chi connectivity index (χ0) is 14.2. The van der Waals surface area contributed by atoms with Crippen molar-refractivity contribution in [3.05, 3.63) is 66.0 Å². The zero-order valence-corrected chi connectivity index (χ0v) is 11.2. The highest BCUT2D eigenvalue weighted by molar-refractivity contribution is 5.76. The molecule has 0 spiro atoms. The van der Waals surface area contributed by atoms with Crippen LogP contribution in [-0.4, -0.2) is 22.6 Å². The Kier molecular flexibility index (Phi) is 5.26. The summed E-state index contributed by atoms with van der Waals surface area (Å²) in [7, 11) is 0. The van der Waals surface area contributed by atoms with E-state index in [2.05, 4.69) is 10.3 Å². The molecule has 0 aliphatic rings. The highest BCUT2D eigenvalue weighted by atomic mass is 16.3. The molecule has 4 nitrogen and oxygen atoms in total. The number of carbonyl (C=O) groups is 1. The van der Waals surface area contributed by atoms with Gasteiger partial charge in [-0.1, -0.05) is 36.4 Å². The molecule has 0 radical (unpaired) electrons. The Morgan fingerprint density at radius 3 is 2.55 bits per heavy atom. The summed E-state index contributed by atoms with van der Waals surface area (Å²) >= 11 is 0. The lowest BCUT2D eigenvalue weighted by atomic mass is 10.1. The minimum atomic E-state index is -0.354. The number of pyridine rings is 1. The first kappa shape index (κ1) is 14.2. The maximum atomic E-state index is 11.9. The van der Waals surface area contributed by atoms with Crippen molar-refractivity contribution in [2.24, 2.45) is 0 Å². The number of nitrogens with one attached hydrogen (secondary N) is 1. The molecule has 2 N–H and O–H groups in total. The van der Waals surface area contributed by atoms with Crippen LogP contribution in [0.3, 0.4) is 0 Å². The van der Waals surface area contributed by atoms with Gasteiger partial charge in [0.2, 0.25) is 5.91 Å². The molecule has 1 aromatic heterocycles. The minimum Gasteiger partial charge on any atom is -0.394 e. The number of aliphatic hydroxyl groups excluding tert-OH is 1. The number of aliphatic hydroxyl groups is 1. The molecule has 1 atom stereocenters. The third kappa shape index (κ3) is 4.17. The van der Waals surface area contributed by atoms with Crippen molar-refractivity contribution in [1.82, 2.24) is 10.3 Å². The lowest BCUT2D eigenvalue weighted by Gasteiger charge is -2.16. The molecule has 0 aliphatic carbocycles. The third-order valence-corrected chi connectivity index (χ3v) is 3.05. The lowest BCUT2D eigenvalue weighted by Crippen LogP contribution is -2.30. The van der Waals surface area contributed by atoms with Gasteiger partial charge in [0.15, 0.2) is 0 Å². The number of hydrogen-bond acceptors (Lipinski definition) is 3. The van der Waals surface area contributed by atoms with E-state index >= 15 is 0 Å². The lowest BCUT2D eigenvalue weighted by molar-refractivity contribution is -0.122. The van der Waals surface area contributed by atoms with Crippen molar-refractivity contribution in [3.8, 4) is 0 Å². The number of aryl methyl sites for hydroxylation is 1. The van der Waals surface area contributed by atoms with Gasteiger partial charge in [-0.25, -0.2) is 0 Å². The van der Waals surface area contributed by atoms with Crippen molar-refractivity contribution in [3.63, 3.8) is 0 Å². The van der Waals surface area contributed by atoms with Gasteiger partial charge in [-0.15, -0.1) is 0 Å². The van der Waals surface area contributed by atoms with Gasteiger partial charge >= 0.3 is 0 Å². The highest BCUT2D eigenvalue weighted by Gasteiger charge is 2.13. The van der Waals surface area contributed by atoms with Crippen LogP contribution < -0.4 is 5.32 Å². The first-order chi connectivity index (χ1) is 9.79. The van der Waals surface area contributed by atoms with E-state index in [-0.39, 0.29) is 18.6 Å². The topological polar surface area (TPSA) is 62.2 Å². The Bertz CT molecular complexity index is 529. The van der Waals surface area contributed by atoms with Crippen LogP contribution in [0, 0.1) is 0 Å². The standard InChI is InChI=1S/C16H18N2O2/c19-12-15(13-6-2-1-3-7-13)18-16(20)10-9-14-8-4-5-11-17-14/h1-8,11,15,19H,9-10,12H2,(H,18,20)/t15-/m0/s1. The predicted molar refractivity (Wildman–Crippen MR) is 77.0 cm³/mol. The van der Waals surface area contributed by atoms with E-state index in [4.69, 9.17) is 0 Å². The van der Waals surface area contributed by atoms with E-state index in [1.54, 1.807) is 6.20 Å². The number of amides is 1. The molecule has 20 heavy (non-hydrogen) atoms. The Morgan fingerprint density at radius 1 is 1.15 bits per heavy atom. The molecule has 0 unspecified atom stereocenters. The summed E-state index contributed by atoms with van der Waals surface area (Å²) in [4.78, 5) is 16.1. The molecule has 2 aromatic rings. The minimum absolute atomic E-state index is 0.0847. The fourth-order valence-electron chi connectivity index (χ4n) is 1.97. The van der Waals surface area contributed by atoms with Gasteiger partial charge in [0.1, 0.15) is 0 Å². The Morgan fingerprint density at radius 2 is 1.90 bits per heavy atom. The molecule has 0 fully saturated rings. The Balaban J connectivity index is 1.87. The predicted octanol–water partition coefficient (Wildman–Crippen LogP) is 1.86. The molecule has 0 bridgehead atoms. The smallest absolute Gasteiger partial charge is 0.220 e. The molecule has 0 saturated carbocycles. The second-order valence-electron chi connectivity index (χ2n) is 4.53. The number of rotatable bonds is 6. The first-order valence-corrected chi connectivity index (χ1v) is 6.64. The summed E-state index contributed by atoms with van der Waals surface area (Å²) in [5, 5.41) is 12.2. The number of benzene rings is 1. The maximum absolute atomic E-state index is 11.9. The van der Waals surface area contributed by atoms with E-state index < -0.39 is 0 Å². The maximum Gasteiger partial charge on any atom is 0.220 e. The van der Waals surface area contributed by atoms with Gasteiger partial charge < -0.3 is 10.4 Å². The number of hydrogen-bond donors (Lipinski definition) is 2. The fraction of sp³-hybridized carbons (Fsp3) is 0.250. The van der Waals surface area contributed by atoms with Gasteiger partial charge in [-0.3, -0.25) is 9.78 Å². The van der Waals surface area contributed by atoms with Gasteiger partial charge in [-0.05, 0) is 24.1 Å². The quantitative estimate of drug-likeness (QED) is 0.842. The summed E-state index contributed by atoms with van der Waals surface area (Å²) in [5.41, 5.74) is 1.80. The van der Waals surface area contributed by atoms with E-state index in [0.29, 0.717) is 12.8 Å². The van der Waals surface area contributed by atoms with E-state index in [1.807, 2.05) is 48.5 Å². The molecule has 1 heterocycles. The van der Waals surface area contributed by atoms with Crippen molar-refractivity contribution in [2.45, 2.75) is 18.9 Å².